The van der Waals surface area contributed by atoms with Gasteiger partial charge < -0.3 is 27.4 Å². The molecule has 14 nitrogen and oxygen atoms in total. The van der Waals surface area contributed by atoms with Gasteiger partial charge in [0.25, 0.3) is 30.4 Å². The number of nitrogens with one attached hydrogen (secondary N) is 4. The molecule has 43 heavy (non-hydrogen) atoms. The second kappa shape index (κ2) is 10.9. The summed E-state index contributed by atoms with van der Waals surface area (Å²) in [5.74, 6) is 0. The number of nitrogen functional groups attached to an aromatic ring is 1. The Labute approximate surface area is 245 Å². The molecule has 0 atom stereocenters. The van der Waals surface area contributed by atoms with Gasteiger partial charge in [-0.25, -0.2) is 0 Å². The van der Waals surface area contributed by atoms with Crippen LogP contribution in [0.3, 0.4) is 0 Å². The summed E-state index contributed by atoms with van der Waals surface area (Å²) in [5, 5.41) is 1.80. The minimum Gasteiger partial charge on any atom is -0.398 e. The molecule has 0 aliphatic rings. The van der Waals surface area contributed by atoms with Crippen LogP contribution in [0.15, 0.2) is 99.6 Å². The zero-order chi connectivity index (χ0) is 31.2. The van der Waals surface area contributed by atoms with Crippen molar-refractivity contribution in [3.63, 3.8) is 0 Å². The molecule has 0 heterocycles. The van der Waals surface area contributed by atoms with E-state index in [2.05, 4.69) is 21.7 Å². The number of hydrazine groups is 2. The van der Waals surface area contributed by atoms with E-state index >= 15 is 0 Å². The lowest BCUT2D eigenvalue weighted by molar-refractivity contribution is 0.481. The van der Waals surface area contributed by atoms with Gasteiger partial charge >= 0.3 is 0 Å². The first kappa shape index (κ1) is 29.8. The van der Waals surface area contributed by atoms with Crippen molar-refractivity contribution in [3.05, 3.63) is 84.9 Å². The Bertz CT molecular complexity index is 2230. The fraction of sp³-hybridized carbons (Fsp3) is 0. The maximum absolute atomic E-state index is 11.9. The molecule has 0 aromatic heterocycles. The normalized spacial score (nSPS) is 12.3. The lowest BCUT2D eigenvalue weighted by atomic mass is 10.1. The van der Waals surface area contributed by atoms with E-state index in [9.17, 15) is 34.4 Å². The first-order valence-electron chi connectivity index (χ1n) is 12.1. The highest BCUT2D eigenvalue weighted by Crippen LogP contribution is 2.34. The van der Waals surface area contributed by atoms with Crippen molar-refractivity contribution in [2.45, 2.75) is 14.7 Å². The van der Waals surface area contributed by atoms with Gasteiger partial charge in [0.2, 0.25) is 0 Å². The molecule has 5 aromatic rings. The first-order chi connectivity index (χ1) is 20.1. The molecule has 5 aromatic carbocycles. The Morgan fingerprint density at radius 1 is 0.442 bits per heavy atom. The molecule has 9 N–H and O–H groups in total. The van der Waals surface area contributed by atoms with Crippen LogP contribution in [0.2, 0.25) is 0 Å². The van der Waals surface area contributed by atoms with E-state index in [1.54, 1.807) is 24.3 Å². The third kappa shape index (κ3) is 6.41. The van der Waals surface area contributed by atoms with Crippen molar-refractivity contribution < 1.29 is 38.9 Å². The van der Waals surface area contributed by atoms with Crippen LogP contribution in [-0.2, 0) is 30.4 Å². The van der Waals surface area contributed by atoms with Crippen molar-refractivity contribution in [1.29, 1.82) is 0 Å². The number of hydrogen-bond donors (Lipinski definition) is 8. The van der Waals surface area contributed by atoms with Crippen LogP contribution in [0.1, 0.15) is 0 Å². The lowest BCUT2D eigenvalue weighted by Crippen LogP contribution is -2.12. The molecule has 0 bridgehead atoms. The van der Waals surface area contributed by atoms with E-state index in [1.165, 1.54) is 60.7 Å². The second-order valence-electron chi connectivity index (χ2n) is 9.23. The Kier molecular flexibility index (Phi) is 7.55. The largest absolute Gasteiger partial charge is 0.398 e. The van der Waals surface area contributed by atoms with Gasteiger partial charge in [0.1, 0.15) is 0 Å². The summed E-state index contributed by atoms with van der Waals surface area (Å²) in [6.07, 6.45) is 0. The lowest BCUT2D eigenvalue weighted by Gasteiger charge is -2.18. The van der Waals surface area contributed by atoms with Crippen LogP contribution < -0.4 is 27.4 Å². The fourth-order valence-electron chi connectivity index (χ4n) is 4.31. The predicted molar refractivity (Wildman–Crippen MR) is 163 cm³/mol. The number of fused-ring (bicyclic) bond motifs is 2. The van der Waals surface area contributed by atoms with Gasteiger partial charge in [-0.15, -0.1) is 0 Å². The van der Waals surface area contributed by atoms with Crippen molar-refractivity contribution in [1.82, 2.24) is 0 Å². The molecule has 224 valence electrons. The number of nitrogens with two attached hydrogens (primary N) is 1. The van der Waals surface area contributed by atoms with E-state index in [4.69, 9.17) is 10.3 Å². The van der Waals surface area contributed by atoms with E-state index in [1.807, 2.05) is 0 Å². The highest BCUT2D eigenvalue weighted by Gasteiger charge is 2.16. The molecular weight excluding hydrogens is 623 g/mol. The van der Waals surface area contributed by atoms with Crippen LogP contribution >= 0.6 is 0 Å². The Hall–Kier alpha value is -4.65. The van der Waals surface area contributed by atoms with E-state index in [-0.39, 0.29) is 20.4 Å². The van der Waals surface area contributed by atoms with Gasteiger partial charge in [0.15, 0.2) is 0 Å². The summed E-state index contributed by atoms with van der Waals surface area (Å²) < 4.78 is 97.7. The van der Waals surface area contributed by atoms with Crippen LogP contribution in [0.25, 0.3) is 21.5 Å². The molecule has 5 rings (SSSR count). The van der Waals surface area contributed by atoms with Crippen LogP contribution in [0.5, 0.6) is 0 Å². The standard InChI is InChI=1S/C26H23N5O9S3/c27-23-9-10-24(19-7-5-17(13-21(19)23)42(35,36)37)30-31-25-11-12-26(22-14-18(43(38,39)40)6-8-20(22)25)29-28-15-1-3-16(4-2-15)41(32,33)34/h1-14,28-31H,27H2,(H,32,33,34)(H,35,36,37)(H,38,39,40). The number of anilines is 5. The average Bonchev–Trinajstić information content (AvgIpc) is 2.94. The number of benzene rings is 5. The molecule has 0 spiro atoms. The minimum absolute atomic E-state index is 0.282. The predicted octanol–water partition coefficient (Wildman–Crippen LogP) is 4.19. The topological polar surface area (TPSA) is 237 Å². The molecular formula is C26H23N5O9S3. The summed E-state index contributed by atoms with van der Waals surface area (Å²) >= 11 is 0. The van der Waals surface area contributed by atoms with Gasteiger partial charge in [-0.2, -0.15) is 25.3 Å². The van der Waals surface area contributed by atoms with Crippen molar-refractivity contribution in [2.75, 3.05) is 27.4 Å². The fourth-order valence-corrected chi connectivity index (χ4v) is 5.80. The third-order valence-electron chi connectivity index (χ3n) is 6.43. The number of rotatable bonds is 9. The van der Waals surface area contributed by atoms with E-state index < -0.39 is 30.4 Å². The molecule has 0 aliphatic carbocycles. The molecule has 0 amide bonds. The molecule has 17 heteroatoms. The average molecular weight is 646 g/mol. The SMILES string of the molecule is Nc1ccc(NNc2ccc(NNc3ccc(S(=O)(=O)O)cc3)c3cc(S(=O)(=O)O)ccc23)c2ccc(S(=O)(=O)O)cc12. The maximum Gasteiger partial charge on any atom is 0.294 e. The molecule has 0 unspecified atom stereocenters. The molecule has 0 aliphatic heterocycles. The van der Waals surface area contributed by atoms with E-state index in [0.29, 0.717) is 44.3 Å². The zero-order valence-corrected chi connectivity index (χ0v) is 24.1. The van der Waals surface area contributed by atoms with Gasteiger partial charge in [-0.3, -0.25) is 13.7 Å². The van der Waals surface area contributed by atoms with Gasteiger partial charge in [0.05, 0.1) is 37.4 Å². The highest BCUT2D eigenvalue weighted by molar-refractivity contribution is 7.86. The maximum atomic E-state index is 11.9. The van der Waals surface area contributed by atoms with Crippen LogP contribution in [0, 0.1) is 0 Å². The summed E-state index contributed by atoms with van der Waals surface area (Å²) in [5.41, 5.74) is 20.0. The van der Waals surface area contributed by atoms with Crippen molar-refractivity contribution >= 4 is 80.3 Å². The molecule has 0 saturated heterocycles. The summed E-state index contributed by atoms with van der Waals surface area (Å²) in [7, 11) is -13.4. The van der Waals surface area contributed by atoms with Crippen molar-refractivity contribution in [2.24, 2.45) is 0 Å². The quantitative estimate of drug-likeness (QED) is 0.0637. The Balaban J connectivity index is 1.48. The minimum atomic E-state index is -4.54. The molecule has 0 saturated carbocycles. The smallest absolute Gasteiger partial charge is 0.294 e. The highest BCUT2D eigenvalue weighted by atomic mass is 32.2. The van der Waals surface area contributed by atoms with Crippen LogP contribution in [-0.4, -0.2) is 38.9 Å². The number of hydrogen-bond acceptors (Lipinski definition) is 11. The second-order valence-corrected chi connectivity index (χ2v) is 13.5. The van der Waals surface area contributed by atoms with Crippen LogP contribution in [0.4, 0.5) is 28.4 Å². The Morgan fingerprint density at radius 3 is 1.35 bits per heavy atom. The summed E-state index contributed by atoms with van der Waals surface area (Å²) in [6.45, 7) is 0. The Morgan fingerprint density at radius 2 is 0.837 bits per heavy atom. The van der Waals surface area contributed by atoms with E-state index in [0.717, 1.165) is 0 Å². The third-order valence-corrected chi connectivity index (χ3v) is 9.00. The molecule has 0 fully saturated rings. The first-order valence-corrected chi connectivity index (χ1v) is 16.4. The van der Waals surface area contributed by atoms with Gasteiger partial charge in [-0.05, 0) is 72.8 Å². The summed E-state index contributed by atoms with van der Waals surface area (Å²) in [4.78, 5) is -0.967. The monoisotopic (exact) mass is 645 g/mol. The van der Waals surface area contributed by atoms with Gasteiger partial charge in [0, 0.05) is 27.2 Å². The summed E-state index contributed by atoms with van der Waals surface area (Å²) in [6, 6.07) is 19.6. The molecule has 0 radical (unpaired) electrons. The van der Waals surface area contributed by atoms with Crippen molar-refractivity contribution in [3.8, 4) is 0 Å². The zero-order valence-electron chi connectivity index (χ0n) is 21.7. The van der Waals surface area contributed by atoms with Gasteiger partial charge in [-0.1, -0.05) is 12.1 Å².